The minimum atomic E-state index is -0.342. The van der Waals surface area contributed by atoms with Crippen LogP contribution in [0, 0.1) is 11.3 Å². The van der Waals surface area contributed by atoms with E-state index in [1.54, 1.807) is 24.3 Å². The van der Waals surface area contributed by atoms with E-state index in [9.17, 15) is 4.79 Å². The third kappa shape index (κ3) is 3.08. The SMILES string of the molecule is CCC(CC)(CN)NC(=O)c1ccc(C#N)cc1. The summed E-state index contributed by atoms with van der Waals surface area (Å²) in [6.07, 6.45) is 1.59. The number of hydrogen-bond donors (Lipinski definition) is 2. The number of nitrogens with one attached hydrogen (secondary N) is 1. The predicted octanol–water partition coefficient (Wildman–Crippen LogP) is 1.81. The van der Waals surface area contributed by atoms with E-state index in [1.807, 2.05) is 19.9 Å². The van der Waals surface area contributed by atoms with E-state index in [1.165, 1.54) is 0 Å². The molecule has 0 saturated carbocycles. The van der Waals surface area contributed by atoms with Crippen LogP contribution in [0.25, 0.3) is 0 Å². The number of amides is 1. The molecule has 0 aromatic heterocycles. The minimum absolute atomic E-state index is 0.145. The van der Waals surface area contributed by atoms with Crippen molar-refractivity contribution >= 4 is 5.91 Å². The van der Waals surface area contributed by atoms with Gasteiger partial charge in [-0.1, -0.05) is 13.8 Å². The first-order valence-corrected chi connectivity index (χ1v) is 6.13. The van der Waals surface area contributed by atoms with Gasteiger partial charge in [0.1, 0.15) is 0 Å². The summed E-state index contributed by atoms with van der Waals surface area (Å²) < 4.78 is 0. The number of benzene rings is 1. The van der Waals surface area contributed by atoms with E-state index >= 15 is 0 Å². The van der Waals surface area contributed by atoms with Crippen LogP contribution in [0.2, 0.25) is 0 Å². The van der Waals surface area contributed by atoms with E-state index in [0.29, 0.717) is 17.7 Å². The molecule has 4 heteroatoms. The Morgan fingerprint density at radius 1 is 1.33 bits per heavy atom. The van der Waals surface area contributed by atoms with Crippen LogP contribution in [0.3, 0.4) is 0 Å². The monoisotopic (exact) mass is 245 g/mol. The van der Waals surface area contributed by atoms with Gasteiger partial charge in [-0.3, -0.25) is 4.79 Å². The summed E-state index contributed by atoms with van der Waals surface area (Å²) in [4.78, 5) is 12.1. The Kier molecular flexibility index (Phi) is 4.87. The molecule has 1 rings (SSSR count). The zero-order valence-electron chi connectivity index (χ0n) is 10.9. The number of rotatable bonds is 5. The van der Waals surface area contributed by atoms with Gasteiger partial charge in [-0.05, 0) is 37.1 Å². The molecule has 0 bridgehead atoms. The first-order valence-electron chi connectivity index (χ1n) is 6.13. The number of nitrogens with two attached hydrogens (primary N) is 1. The van der Waals surface area contributed by atoms with Crippen molar-refractivity contribution in [3.63, 3.8) is 0 Å². The van der Waals surface area contributed by atoms with E-state index in [-0.39, 0.29) is 11.4 Å². The predicted molar refractivity (Wildman–Crippen MR) is 71.0 cm³/mol. The van der Waals surface area contributed by atoms with Gasteiger partial charge >= 0.3 is 0 Å². The first kappa shape index (κ1) is 14.2. The molecule has 0 spiro atoms. The zero-order chi connectivity index (χ0) is 13.6. The van der Waals surface area contributed by atoms with Crippen molar-refractivity contribution in [3.05, 3.63) is 35.4 Å². The second kappa shape index (κ2) is 6.18. The van der Waals surface area contributed by atoms with Gasteiger partial charge in [0.2, 0.25) is 0 Å². The van der Waals surface area contributed by atoms with Gasteiger partial charge < -0.3 is 11.1 Å². The molecule has 18 heavy (non-hydrogen) atoms. The minimum Gasteiger partial charge on any atom is -0.345 e. The lowest BCUT2D eigenvalue weighted by Crippen LogP contribution is -2.52. The van der Waals surface area contributed by atoms with Crippen LogP contribution in [0.15, 0.2) is 24.3 Å². The summed E-state index contributed by atoms with van der Waals surface area (Å²) in [5.41, 5.74) is 6.49. The highest BCUT2D eigenvalue weighted by Crippen LogP contribution is 2.14. The average molecular weight is 245 g/mol. The molecule has 3 N–H and O–H groups in total. The summed E-state index contributed by atoms with van der Waals surface area (Å²) in [7, 11) is 0. The molecule has 0 atom stereocenters. The molecule has 96 valence electrons. The Morgan fingerprint density at radius 2 is 1.89 bits per heavy atom. The molecule has 1 aromatic carbocycles. The fourth-order valence-electron chi connectivity index (χ4n) is 1.78. The molecule has 0 aliphatic heterocycles. The summed E-state index contributed by atoms with van der Waals surface area (Å²) in [5, 5.41) is 11.7. The lowest BCUT2D eigenvalue weighted by atomic mass is 9.92. The Hall–Kier alpha value is -1.86. The second-order valence-corrected chi connectivity index (χ2v) is 4.33. The molecule has 0 aliphatic carbocycles. The van der Waals surface area contributed by atoms with Crippen LogP contribution in [0.4, 0.5) is 0 Å². The van der Waals surface area contributed by atoms with Crippen molar-refractivity contribution in [1.82, 2.24) is 5.32 Å². The van der Waals surface area contributed by atoms with Crippen LogP contribution < -0.4 is 11.1 Å². The van der Waals surface area contributed by atoms with Crippen LogP contribution in [0.5, 0.6) is 0 Å². The average Bonchev–Trinajstić information content (AvgIpc) is 2.45. The highest BCUT2D eigenvalue weighted by atomic mass is 16.1. The van der Waals surface area contributed by atoms with Crippen LogP contribution >= 0.6 is 0 Å². The molecule has 0 radical (unpaired) electrons. The van der Waals surface area contributed by atoms with Crippen molar-refractivity contribution in [3.8, 4) is 6.07 Å². The molecule has 4 nitrogen and oxygen atoms in total. The largest absolute Gasteiger partial charge is 0.345 e. The number of nitriles is 1. The van der Waals surface area contributed by atoms with Crippen molar-refractivity contribution in [2.75, 3.05) is 6.54 Å². The number of nitrogens with zero attached hydrogens (tertiary/aromatic N) is 1. The first-order chi connectivity index (χ1) is 8.60. The topological polar surface area (TPSA) is 78.9 Å². The molecule has 1 amide bonds. The Labute approximate surface area is 108 Å². The summed E-state index contributed by atoms with van der Waals surface area (Å²) in [6, 6.07) is 8.60. The van der Waals surface area contributed by atoms with Gasteiger partial charge in [0.05, 0.1) is 17.2 Å². The third-order valence-electron chi connectivity index (χ3n) is 3.40. The second-order valence-electron chi connectivity index (χ2n) is 4.33. The lowest BCUT2D eigenvalue weighted by Gasteiger charge is -2.31. The van der Waals surface area contributed by atoms with Gasteiger partial charge in [-0.25, -0.2) is 0 Å². The molecule has 0 fully saturated rings. The standard InChI is InChI=1S/C14H19N3O/c1-3-14(4-2,10-16)17-13(18)12-7-5-11(9-15)6-8-12/h5-8H,3-4,10,16H2,1-2H3,(H,17,18). The van der Waals surface area contributed by atoms with Crippen LogP contribution in [0.1, 0.15) is 42.6 Å². The van der Waals surface area contributed by atoms with Crippen molar-refractivity contribution in [2.24, 2.45) is 5.73 Å². The van der Waals surface area contributed by atoms with Gasteiger partial charge in [-0.2, -0.15) is 5.26 Å². The van der Waals surface area contributed by atoms with Crippen LogP contribution in [-0.4, -0.2) is 18.0 Å². The summed E-state index contributed by atoms with van der Waals surface area (Å²) in [6.45, 7) is 4.44. The highest BCUT2D eigenvalue weighted by molar-refractivity contribution is 5.94. The lowest BCUT2D eigenvalue weighted by molar-refractivity contribution is 0.0895. The molecular weight excluding hydrogens is 226 g/mol. The third-order valence-corrected chi connectivity index (χ3v) is 3.40. The number of carbonyl (C=O) groups is 1. The maximum atomic E-state index is 12.1. The molecule has 1 aromatic rings. The van der Waals surface area contributed by atoms with Crippen LogP contribution in [-0.2, 0) is 0 Å². The normalized spacial score (nSPS) is 10.8. The van der Waals surface area contributed by atoms with E-state index in [4.69, 9.17) is 11.0 Å². The van der Waals surface area contributed by atoms with E-state index < -0.39 is 0 Å². The van der Waals surface area contributed by atoms with Crippen molar-refractivity contribution in [2.45, 2.75) is 32.2 Å². The molecule has 0 unspecified atom stereocenters. The van der Waals surface area contributed by atoms with Gasteiger partial charge in [0.15, 0.2) is 0 Å². The summed E-state index contributed by atoms with van der Waals surface area (Å²) >= 11 is 0. The van der Waals surface area contributed by atoms with Crippen molar-refractivity contribution in [1.29, 1.82) is 5.26 Å². The molecule has 0 saturated heterocycles. The maximum Gasteiger partial charge on any atom is 0.251 e. The summed E-state index contributed by atoms with van der Waals surface area (Å²) in [5.74, 6) is -0.145. The molecule has 0 aliphatic rings. The fraction of sp³-hybridized carbons (Fsp3) is 0.429. The Morgan fingerprint density at radius 3 is 2.28 bits per heavy atom. The van der Waals surface area contributed by atoms with Gasteiger partial charge in [0.25, 0.3) is 5.91 Å². The molecular formula is C14H19N3O. The van der Waals surface area contributed by atoms with Gasteiger partial charge in [0, 0.05) is 12.1 Å². The smallest absolute Gasteiger partial charge is 0.251 e. The number of hydrogen-bond acceptors (Lipinski definition) is 3. The van der Waals surface area contributed by atoms with E-state index in [2.05, 4.69) is 5.32 Å². The Bertz CT molecular complexity index is 433. The quantitative estimate of drug-likeness (QED) is 0.830. The highest BCUT2D eigenvalue weighted by Gasteiger charge is 2.26. The maximum absolute atomic E-state index is 12.1. The van der Waals surface area contributed by atoms with E-state index in [0.717, 1.165) is 12.8 Å². The molecule has 0 heterocycles. The fourth-order valence-corrected chi connectivity index (χ4v) is 1.78. The van der Waals surface area contributed by atoms with Crippen molar-refractivity contribution < 1.29 is 4.79 Å². The zero-order valence-corrected chi connectivity index (χ0v) is 10.9. The van der Waals surface area contributed by atoms with Gasteiger partial charge in [-0.15, -0.1) is 0 Å². The number of carbonyl (C=O) groups excluding carboxylic acids is 1. The Balaban J connectivity index is 2.84.